The highest BCUT2D eigenvalue weighted by atomic mass is 14.8. The molecule has 2 heteroatoms. The highest BCUT2D eigenvalue weighted by Crippen LogP contribution is 2.49. The lowest BCUT2D eigenvalue weighted by molar-refractivity contribution is 0.976. The van der Waals surface area contributed by atoms with Crippen LogP contribution in [0.15, 0.2) is 193 Å². The molecule has 2 aliphatic rings. The number of aliphatic imine (C=N–C) groups is 1. The molecule has 11 rings (SSSR count). The predicted octanol–water partition coefficient (Wildman–Crippen LogP) is 13.4. The highest BCUT2D eigenvalue weighted by Gasteiger charge is 2.31. The number of hydrogen-bond acceptors (Lipinski definition) is 2. The molecule has 0 fully saturated rings. The summed E-state index contributed by atoms with van der Waals surface area (Å²) in [4.78, 5) is 9.68. The van der Waals surface area contributed by atoms with Gasteiger partial charge in [-0.25, -0.2) is 0 Å². The van der Waals surface area contributed by atoms with Crippen molar-refractivity contribution in [3.05, 3.63) is 199 Å². The lowest BCUT2D eigenvalue weighted by atomic mass is 9.76. The zero-order valence-electron chi connectivity index (χ0n) is 29.6. The van der Waals surface area contributed by atoms with E-state index in [1.807, 2.05) is 12.4 Å². The smallest absolute Gasteiger partial charge is 0.100 e. The third kappa shape index (κ3) is 4.74. The van der Waals surface area contributed by atoms with Gasteiger partial charge in [-0.2, -0.15) is 0 Å². The fraction of sp³-hybridized carbons (Fsp3) is 0.0385. The number of fused-ring (bicyclic) bond motifs is 8. The Bertz CT molecular complexity index is 3110. The van der Waals surface area contributed by atoms with E-state index < -0.39 is 0 Å². The molecule has 8 aromatic carbocycles. The van der Waals surface area contributed by atoms with E-state index in [-0.39, 0.29) is 6.04 Å². The molecule has 0 radical (unpaired) electrons. The molecule has 0 bridgehead atoms. The first-order chi connectivity index (χ1) is 26.8. The van der Waals surface area contributed by atoms with Crippen LogP contribution in [0.2, 0.25) is 0 Å². The number of aromatic nitrogens is 1. The second kappa shape index (κ2) is 12.4. The minimum atomic E-state index is -0.119. The first kappa shape index (κ1) is 30.7. The Labute approximate surface area is 313 Å². The molecule has 252 valence electrons. The Balaban J connectivity index is 1.20. The largest absolute Gasteiger partial charge is 0.284 e. The van der Waals surface area contributed by atoms with Crippen LogP contribution in [0, 0.1) is 0 Å². The van der Waals surface area contributed by atoms with E-state index in [2.05, 4.69) is 181 Å². The number of nitrogens with zero attached hydrogens (tertiary/aromatic N) is 2. The average Bonchev–Trinajstić information content (AvgIpc) is 3.25. The van der Waals surface area contributed by atoms with Crippen molar-refractivity contribution in [3.63, 3.8) is 0 Å². The zero-order chi connectivity index (χ0) is 35.6. The van der Waals surface area contributed by atoms with Gasteiger partial charge in [-0.15, -0.1) is 0 Å². The summed E-state index contributed by atoms with van der Waals surface area (Å²) in [6, 6.07) is 55.3. The van der Waals surface area contributed by atoms with Gasteiger partial charge in [-0.1, -0.05) is 146 Å². The van der Waals surface area contributed by atoms with Crippen LogP contribution in [-0.4, -0.2) is 17.2 Å². The number of pyridine rings is 1. The van der Waals surface area contributed by atoms with Crippen molar-refractivity contribution in [2.45, 2.75) is 12.5 Å². The Morgan fingerprint density at radius 3 is 1.93 bits per heavy atom. The number of hydrogen-bond donors (Lipinski definition) is 0. The number of allylic oxidation sites excluding steroid dienone is 3. The van der Waals surface area contributed by atoms with Crippen molar-refractivity contribution in [3.8, 4) is 22.3 Å². The first-order valence-corrected chi connectivity index (χ1v) is 18.7. The summed E-state index contributed by atoms with van der Waals surface area (Å²) in [5.41, 5.74) is 11.1. The molecular formula is C52H34N2. The Morgan fingerprint density at radius 2 is 1.09 bits per heavy atom. The summed E-state index contributed by atoms with van der Waals surface area (Å²) in [5.74, 6) is 0. The van der Waals surface area contributed by atoms with E-state index in [0.717, 1.165) is 12.0 Å². The van der Waals surface area contributed by atoms with Crippen molar-refractivity contribution >= 4 is 71.2 Å². The number of rotatable bonds is 4. The molecule has 1 aliphatic heterocycles. The second-order valence-corrected chi connectivity index (χ2v) is 14.3. The molecule has 0 amide bonds. The zero-order valence-corrected chi connectivity index (χ0v) is 29.6. The average molecular weight is 687 g/mol. The minimum absolute atomic E-state index is 0.119. The molecule has 0 N–H and O–H groups in total. The molecule has 9 aromatic rings. The van der Waals surface area contributed by atoms with Crippen molar-refractivity contribution in [2.24, 2.45) is 4.99 Å². The van der Waals surface area contributed by atoms with Crippen molar-refractivity contribution in [2.75, 3.05) is 0 Å². The van der Waals surface area contributed by atoms with Crippen molar-refractivity contribution in [1.29, 1.82) is 0 Å². The fourth-order valence-corrected chi connectivity index (χ4v) is 9.08. The van der Waals surface area contributed by atoms with E-state index in [9.17, 15) is 0 Å². The van der Waals surface area contributed by atoms with Gasteiger partial charge in [-0.3, -0.25) is 9.98 Å². The molecule has 1 atom stereocenters. The maximum atomic E-state index is 5.30. The van der Waals surface area contributed by atoms with Crippen LogP contribution in [0.5, 0.6) is 0 Å². The Morgan fingerprint density at radius 1 is 0.426 bits per heavy atom. The van der Waals surface area contributed by atoms with Gasteiger partial charge in [0.05, 0.1) is 0 Å². The van der Waals surface area contributed by atoms with E-state index in [1.54, 1.807) is 0 Å². The van der Waals surface area contributed by atoms with E-state index >= 15 is 0 Å². The summed E-state index contributed by atoms with van der Waals surface area (Å²) in [5, 5.41) is 12.6. The Kier molecular flexibility index (Phi) is 7.03. The quantitative estimate of drug-likeness (QED) is 0.134. The number of dihydropyridines is 1. The van der Waals surface area contributed by atoms with E-state index in [4.69, 9.17) is 4.99 Å². The van der Waals surface area contributed by atoms with Crippen LogP contribution < -0.4 is 0 Å². The van der Waals surface area contributed by atoms with Crippen LogP contribution in [0.4, 0.5) is 0 Å². The van der Waals surface area contributed by atoms with Crippen LogP contribution in [0.1, 0.15) is 17.5 Å². The van der Waals surface area contributed by atoms with Crippen molar-refractivity contribution < 1.29 is 0 Å². The molecule has 54 heavy (non-hydrogen) atoms. The molecule has 2 heterocycles. The van der Waals surface area contributed by atoms with Gasteiger partial charge < -0.3 is 0 Å². The molecule has 1 aliphatic carbocycles. The van der Waals surface area contributed by atoms with Crippen LogP contribution in [0.25, 0.3) is 87.3 Å². The van der Waals surface area contributed by atoms with Crippen LogP contribution >= 0.6 is 0 Å². The molecule has 1 aromatic heterocycles. The van der Waals surface area contributed by atoms with Crippen molar-refractivity contribution in [1.82, 2.24) is 4.98 Å². The van der Waals surface area contributed by atoms with Gasteiger partial charge in [0, 0.05) is 25.0 Å². The lowest BCUT2D eigenvalue weighted by Crippen LogP contribution is -2.19. The summed E-state index contributed by atoms with van der Waals surface area (Å²) in [7, 11) is 0. The van der Waals surface area contributed by atoms with Gasteiger partial charge >= 0.3 is 0 Å². The summed E-state index contributed by atoms with van der Waals surface area (Å²) >= 11 is 0. The summed E-state index contributed by atoms with van der Waals surface area (Å²) < 4.78 is 0. The summed E-state index contributed by atoms with van der Waals surface area (Å²) in [6.07, 6.45) is 13.8. The third-order valence-electron chi connectivity index (χ3n) is 11.5. The molecular weight excluding hydrogens is 653 g/mol. The molecule has 0 saturated carbocycles. The minimum Gasteiger partial charge on any atom is -0.284 e. The van der Waals surface area contributed by atoms with Gasteiger partial charge in [0.15, 0.2) is 0 Å². The van der Waals surface area contributed by atoms with E-state index in [1.165, 1.54) is 98.4 Å². The number of benzene rings is 8. The third-order valence-corrected chi connectivity index (χ3v) is 11.5. The maximum absolute atomic E-state index is 5.30. The first-order valence-electron chi connectivity index (χ1n) is 18.7. The molecule has 0 saturated heterocycles. The molecule has 2 nitrogen and oxygen atoms in total. The molecule has 1 unspecified atom stereocenters. The van der Waals surface area contributed by atoms with Gasteiger partial charge in [0.2, 0.25) is 0 Å². The van der Waals surface area contributed by atoms with Gasteiger partial charge in [0.25, 0.3) is 0 Å². The topological polar surface area (TPSA) is 25.2 Å². The fourth-order valence-electron chi connectivity index (χ4n) is 9.08. The van der Waals surface area contributed by atoms with Crippen LogP contribution in [-0.2, 0) is 0 Å². The predicted molar refractivity (Wildman–Crippen MR) is 230 cm³/mol. The summed E-state index contributed by atoms with van der Waals surface area (Å²) in [6.45, 7) is 0. The SMILES string of the molecule is C1=NC2C(=CC1)C(c1c3ccccc3c(-c3ccncc3)c3cc(-c4ccccc4)ccc13)=CC=C2c1cc2c3ccccc3ccc2c2ccccc12. The standard InChI is InChI=1S/C52H34N2/c1-2-11-33(12-3-1)36-21-23-44-49(31-36)50(35-26-29-53-30-27-35)41-17-8-9-18-42(41)51(44)43-24-25-46(52-45(43)19-10-28-54-52)48-32-47-37-14-5-4-13-34(37)20-22-40(47)38-15-6-7-16-39(38)48/h1-9,11-32,52H,10H2. The van der Waals surface area contributed by atoms with Gasteiger partial charge in [-0.05, 0) is 128 Å². The Hall–Kier alpha value is -6.90. The second-order valence-electron chi connectivity index (χ2n) is 14.3. The molecule has 0 spiro atoms. The highest BCUT2D eigenvalue weighted by molar-refractivity contribution is 6.23. The van der Waals surface area contributed by atoms with Crippen LogP contribution in [0.3, 0.4) is 0 Å². The van der Waals surface area contributed by atoms with E-state index in [0.29, 0.717) is 0 Å². The van der Waals surface area contributed by atoms with Gasteiger partial charge in [0.1, 0.15) is 6.04 Å². The lowest BCUT2D eigenvalue weighted by Gasteiger charge is -2.30. The monoisotopic (exact) mass is 686 g/mol. The normalized spacial score (nSPS) is 15.4. The maximum Gasteiger partial charge on any atom is 0.100 e.